The SMILES string of the molecule is CCCCCCCCCCCCCC(=O)c1ccc(OC(C)(C)C)cc1. The average molecular weight is 361 g/mol. The Morgan fingerprint density at radius 3 is 1.69 bits per heavy atom. The Bertz CT molecular complexity index is 482. The molecule has 0 spiro atoms. The minimum absolute atomic E-state index is 0.207. The summed E-state index contributed by atoms with van der Waals surface area (Å²) in [5, 5.41) is 0. The number of ether oxygens (including phenoxy) is 1. The fraction of sp³-hybridized carbons (Fsp3) is 0.708. The molecule has 0 aliphatic heterocycles. The van der Waals surface area contributed by atoms with Crippen molar-refractivity contribution in [2.75, 3.05) is 0 Å². The molecule has 0 aliphatic rings. The van der Waals surface area contributed by atoms with Gasteiger partial charge in [0.15, 0.2) is 5.78 Å². The van der Waals surface area contributed by atoms with Gasteiger partial charge >= 0.3 is 0 Å². The second kappa shape index (κ2) is 12.9. The molecule has 0 saturated carbocycles. The number of carbonyl (C=O) groups is 1. The minimum Gasteiger partial charge on any atom is -0.488 e. The normalized spacial score (nSPS) is 11.5. The van der Waals surface area contributed by atoms with Crippen LogP contribution >= 0.6 is 0 Å². The third kappa shape index (κ3) is 11.3. The Balaban J connectivity index is 2.08. The van der Waals surface area contributed by atoms with E-state index in [1.165, 1.54) is 64.2 Å². The van der Waals surface area contributed by atoms with Crippen molar-refractivity contribution >= 4 is 5.78 Å². The van der Waals surface area contributed by atoms with E-state index in [9.17, 15) is 4.79 Å². The van der Waals surface area contributed by atoms with Gasteiger partial charge in [0.25, 0.3) is 0 Å². The maximum Gasteiger partial charge on any atom is 0.162 e. The third-order valence-electron chi connectivity index (χ3n) is 4.61. The van der Waals surface area contributed by atoms with Gasteiger partial charge in [-0.05, 0) is 51.5 Å². The van der Waals surface area contributed by atoms with Crippen LogP contribution in [0.1, 0.15) is 115 Å². The smallest absolute Gasteiger partial charge is 0.162 e. The van der Waals surface area contributed by atoms with Gasteiger partial charge in [-0.15, -0.1) is 0 Å². The Kier molecular flexibility index (Phi) is 11.3. The highest BCUT2D eigenvalue weighted by atomic mass is 16.5. The van der Waals surface area contributed by atoms with E-state index in [4.69, 9.17) is 4.74 Å². The van der Waals surface area contributed by atoms with Gasteiger partial charge < -0.3 is 4.74 Å². The first-order valence-electron chi connectivity index (χ1n) is 10.7. The maximum atomic E-state index is 12.3. The number of unbranched alkanes of at least 4 members (excludes halogenated alkanes) is 10. The van der Waals surface area contributed by atoms with Crippen molar-refractivity contribution in [3.8, 4) is 5.75 Å². The number of Topliss-reactive ketones (excluding diaryl/α,β-unsaturated/α-hetero) is 1. The molecule has 0 radical (unpaired) electrons. The first-order chi connectivity index (χ1) is 12.4. The molecule has 2 nitrogen and oxygen atoms in total. The predicted molar refractivity (Wildman–Crippen MR) is 112 cm³/mol. The van der Waals surface area contributed by atoms with Gasteiger partial charge in [0.1, 0.15) is 11.4 Å². The molecule has 0 atom stereocenters. The monoisotopic (exact) mass is 360 g/mol. The second-order valence-electron chi connectivity index (χ2n) is 8.45. The van der Waals surface area contributed by atoms with E-state index in [2.05, 4.69) is 6.92 Å². The predicted octanol–water partition coefficient (Wildman–Crippen LogP) is 7.75. The Labute approximate surface area is 161 Å². The summed E-state index contributed by atoms with van der Waals surface area (Å²) in [6, 6.07) is 7.59. The quantitative estimate of drug-likeness (QED) is 0.250. The summed E-state index contributed by atoms with van der Waals surface area (Å²) in [5.41, 5.74) is 0.597. The Morgan fingerprint density at radius 2 is 1.23 bits per heavy atom. The molecule has 0 unspecified atom stereocenters. The molecule has 0 fully saturated rings. The molecule has 1 aromatic carbocycles. The highest BCUT2D eigenvalue weighted by Crippen LogP contribution is 2.20. The van der Waals surface area contributed by atoms with Gasteiger partial charge in [-0.2, -0.15) is 0 Å². The van der Waals surface area contributed by atoms with Crippen molar-refractivity contribution in [2.45, 2.75) is 110 Å². The van der Waals surface area contributed by atoms with Crippen LogP contribution in [-0.2, 0) is 0 Å². The number of carbonyl (C=O) groups excluding carboxylic acids is 1. The van der Waals surface area contributed by atoms with Crippen molar-refractivity contribution in [1.82, 2.24) is 0 Å². The van der Waals surface area contributed by atoms with E-state index < -0.39 is 0 Å². The van der Waals surface area contributed by atoms with Gasteiger partial charge in [-0.1, -0.05) is 71.1 Å². The molecule has 1 aromatic rings. The van der Waals surface area contributed by atoms with Crippen LogP contribution in [0, 0.1) is 0 Å². The lowest BCUT2D eigenvalue weighted by Crippen LogP contribution is -2.22. The van der Waals surface area contributed by atoms with Gasteiger partial charge in [-0.3, -0.25) is 4.79 Å². The Morgan fingerprint density at radius 1 is 0.769 bits per heavy atom. The lowest BCUT2D eigenvalue weighted by Gasteiger charge is -2.21. The molecule has 0 N–H and O–H groups in total. The van der Waals surface area contributed by atoms with Gasteiger partial charge in [0, 0.05) is 12.0 Å². The number of benzene rings is 1. The molecule has 0 aliphatic carbocycles. The van der Waals surface area contributed by atoms with Crippen LogP contribution in [0.15, 0.2) is 24.3 Å². The highest BCUT2D eigenvalue weighted by molar-refractivity contribution is 5.96. The zero-order chi connectivity index (χ0) is 19.3. The van der Waals surface area contributed by atoms with Crippen LogP contribution < -0.4 is 4.74 Å². The Hall–Kier alpha value is -1.31. The molecule has 2 heteroatoms. The van der Waals surface area contributed by atoms with Crippen molar-refractivity contribution in [3.63, 3.8) is 0 Å². The summed E-state index contributed by atoms with van der Waals surface area (Å²) in [6.07, 6.45) is 15.1. The lowest BCUT2D eigenvalue weighted by atomic mass is 10.0. The molecule has 0 saturated heterocycles. The zero-order valence-corrected chi connectivity index (χ0v) is 17.6. The van der Waals surface area contributed by atoms with Crippen molar-refractivity contribution in [1.29, 1.82) is 0 Å². The molecule has 148 valence electrons. The largest absolute Gasteiger partial charge is 0.488 e. The summed E-state index contributed by atoms with van der Waals surface area (Å²) in [5.74, 6) is 1.08. The molecular weight excluding hydrogens is 320 g/mol. The third-order valence-corrected chi connectivity index (χ3v) is 4.61. The van der Waals surface area contributed by atoms with Crippen molar-refractivity contribution in [3.05, 3.63) is 29.8 Å². The number of hydrogen-bond acceptors (Lipinski definition) is 2. The first kappa shape index (κ1) is 22.7. The van der Waals surface area contributed by atoms with Gasteiger partial charge in [-0.25, -0.2) is 0 Å². The highest BCUT2D eigenvalue weighted by Gasteiger charge is 2.12. The summed E-state index contributed by atoms with van der Waals surface area (Å²) in [6.45, 7) is 8.34. The number of rotatable bonds is 14. The average Bonchev–Trinajstić information content (AvgIpc) is 2.58. The van der Waals surface area contributed by atoms with Gasteiger partial charge in [0.05, 0.1) is 0 Å². The van der Waals surface area contributed by atoms with E-state index >= 15 is 0 Å². The molecule has 1 rings (SSSR count). The van der Waals surface area contributed by atoms with Crippen LogP contribution in [0.4, 0.5) is 0 Å². The van der Waals surface area contributed by atoms with E-state index in [0.717, 1.165) is 17.7 Å². The second-order valence-corrected chi connectivity index (χ2v) is 8.45. The molecule has 0 amide bonds. The van der Waals surface area contributed by atoms with Crippen molar-refractivity contribution in [2.24, 2.45) is 0 Å². The summed E-state index contributed by atoms with van der Waals surface area (Å²) < 4.78 is 5.80. The van der Waals surface area contributed by atoms with Crippen LogP contribution in [0.5, 0.6) is 5.75 Å². The zero-order valence-electron chi connectivity index (χ0n) is 17.6. The first-order valence-corrected chi connectivity index (χ1v) is 10.7. The van der Waals surface area contributed by atoms with E-state index in [0.29, 0.717) is 6.42 Å². The summed E-state index contributed by atoms with van der Waals surface area (Å²) >= 11 is 0. The molecule has 0 aromatic heterocycles. The molecule has 0 bridgehead atoms. The van der Waals surface area contributed by atoms with Crippen LogP contribution in [0.2, 0.25) is 0 Å². The maximum absolute atomic E-state index is 12.3. The summed E-state index contributed by atoms with van der Waals surface area (Å²) in [4.78, 5) is 12.3. The van der Waals surface area contributed by atoms with E-state index in [1.807, 2.05) is 45.0 Å². The van der Waals surface area contributed by atoms with E-state index in [-0.39, 0.29) is 11.4 Å². The van der Waals surface area contributed by atoms with Gasteiger partial charge in [0.2, 0.25) is 0 Å². The lowest BCUT2D eigenvalue weighted by molar-refractivity contribution is 0.0979. The van der Waals surface area contributed by atoms with E-state index in [1.54, 1.807) is 0 Å². The molecule has 0 heterocycles. The fourth-order valence-corrected chi connectivity index (χ4v) is 3.16. The van der Waals surface area contributed by atoms with Crippen LogP contribution in [0.25, 0.3) is 0 Å². The van der Waals surface area contributed by atoms with Crippen LogP contribution in [0.3, 0.4) is 0 Å². The molecular formula is C24H40O2. The minimum atomic E-state index is -0.207. The number of ketones is 1. The van der Waals surface area contributed by atoms with Crippen molar-refractivity contribution < 1.29 is 9.53 Å². The fourth-order valence-electron chi connectivity index (χ4n) is 3.16. The standard InChI is InChI=1S/C24H40O2/c1-5-6-7-8-9-10-11-12-13-14-15-16-23(25)21-17-19-22(20-18-21)26-24(2,3)4/h17-20H,5-16H2,1-4H3. The van der Waals surface area contributed by atoms with Crippen LogP contribution in [-0.4, -0.2) is 11.4 Å². The number of hydrogen-bond donors (Lipinski definition) is 0. The molecule has 26 heavy (non-hydrogen) atoms. The topological polar surface area (TPSA) is 26.3 Å². The summed E-state index contributed by atoms with van der Waals surface area (Å²) in [7, 11) is 0.